The molecule has 0 unspecified atom stereocenters. The second-order valence-electron chi connectivity index (χ2n) is 5.99. The maximum absolute atomic E-state index is 10.2. The van der Waals surface area contributed by atoms with Crippen molar-refractivity contribution in [1.29, 1.82) is 0 Å². The highest BCUT2D eigenvalue weighted by Gasteiger charge is 2.60. The molecule has 0 aromatic rings. The van der Waals surface area contributed by atoms with Gasteiger partial charge in [-0.05, 0) is 36.5 Å². The molecule has 0 bridgehead atoms. The van der Waals surface area contributed by atoms with Crippen LogP contribution in [-0.2, 0) is 0 Å². The molecule has 2 saturated carbocycles. The molecule has 1 N–H and O–H groups in total. The molecule has 0 aromatic carbocycles. The molecule has 1 spiro atoms. The Hall–Kier alpha value is -0.0400. The van der Waals surface area contributed by atoms with Crippen LogP contribution in [0.4, 0.5) is 0 Å². The van der Waals surface area contributed by atoms with Crippen LogP contribution >= 0.6 is 0 Å². The van der Waals surface area contributed by atoms with E-state index in [0.29, 0.717) is 5.41 Å². The van der Waals surface area contributed by atoms with E-state index in [2.05, 4.69) is 20.8 Å². The summed E-state index contributed by atoms with van der Waals surface area (Å²) in [5.74, 6) is 0. The van der Waals surface area contributed by atoms with Gasteiger partial charge in [0.1, 0.15) is 0 Å². The second-order valence-corrected chi connectivity index (χ2v) is 5.99. The molecule has 0 aromatic heterocycles. The van der Waals surface area contributed by atoms with Gasteiger partial charge in [0.15, 0.2) is 0 Å². The molecule has 0 heterocycles. The summed E-state index contributed by atoms with van der Waals surface area (Å²) in [4.78, 5) is 0. The van der Waals surface area contributed by atoms with Crippen LogP contribution in [0.1, 0.15) is 52.9 Å². The molecule has 2 rings (SSSR count). The van der Waals surface area contributed by atoms with Crippen LogP contribution in [0.5, 0.6) is 0 Å². The van der Waals surface area contributed by atoms with Gasteiger partial charge in [0.25, 0.3) is 0 Å². The number of aliphatic hydroxyl groups is 1. The van der Waals surface area contributed by atoms with Gasteiger partial charge in [0.05, 0.1) is 5.60 Å². The van der Waals surface area contributed by atoms with Crippen molar-refractivity contribution in [2.24, 2.45) is 10.8 Å². The quantitative estimate of drug-likeness (QED) is 0.589. The fourth-order valence-electron chi connectivity index (χ4n) is 2.75. The summed E-state index contributed by atoms with van der Waals surface area (Å²) < 4.78 is 0. The molecular formula is C11H20O. The van der Waals surface area contributed by atoms with Gasteiger partial charge in [-0.25, -0.2) is 0 Å². The monoisotopic (exact) mass is 168 g/mol. The Labute approximate surface area is 75.2 Å². The Bertz CT molecular complexity index is 188. The van der Waals surface area contributed by atoms with Crippen molar-refractivity contribution in [3.63, 3.8) is 0 Å². The molecule has 2 aliphatic carbocycles. The van der Waals surface area contributed by atoms with Crippen LogP contribution in [0.25, 0.3) is 0 Å². The van der Waals surface area contributed by atoms with E-state index < -0.39 is 0 Å². The van der Waals surface area contributed by atoms with Gasteiger partial charge >= 0.3 is 0 Å². The summed E-state index contributed by atoms with van der Waals surface area (Å²) in [7, 11) is 0. The van der Waals surface area contributed by atoms with Crippen LogP contribution < -0.4 is 0 Å². The van der Waals surface area contributed by atoms with Crippen molar-refractivity contribution in [2.75, 3.05) is 0 Å². The van der Waals surface area contributed by atoms with Gasteiger partial charge in [-0.2, -0.15) is 0 Å². The molecular weight excluding hydrogens is 148 g/mol. The molecule has 12 heavy (non-hydrogen) atoms. The first-order valence-electron chi connectivity index (χ1n) is 5.09. The molecule has 2 fully saturated rings. The summed E-state index contributed by atoms with van der Waals surface area (Å²) in [6.45, 7) is 6.45. The van der Waals surface area contributed by atoms with Crippen molar-refractivity contribution in [3.8, 4) is 0 Å². The van der Waals surface area contributed by atoms with Crippen molar-refractivity contribution in [1.82, 2.24) is 0 Å². The van der Waals surface area contributed by atoms with Crippen molar-refractivity contribution in [2.45, 2.75) is 58.5 Å². The minimum atomic E-state index is -0.354. The lowest BCUT2D eigenvalue weighted by Gasteiger charge is -2.63. The highest BCUT2D eigenvalue weighted by Crippen LogP contribution is 2.64. The van der Waals surface area contributed by atoms with E-state index in [-0.39, 0.29) is 11.0 Å². The van der Waals surface area contributed by atoms with Crippen LogP contribution in [0, 0.1) is 10.8 Å². The normalized spacial score (nSPS) is 31.0. The third kappa shape index (κ3) is 0.953. The minimum Gasteiger partial charge on any atom is -0.389 e. The number of hydrogen-bond donors (Lipinski definition) is 1. The summed E-state index contributed by atoms with van der Waals surface area (Å²) in [6, 6.07) is 0. The lowest BCUT2D eigenvalue weighted by Crippen LogP contribution is -2.61. The van der Waals surface area contributed by atoms with Gasteiger partial charge < -0.3 is 5.11 Å². The summed E-state index contributed by atoms with van der Waals surface area (Å²) in [6.07, 6.45) is 6.24. The Morgan fingerprint density at radius 1 is 1.08 bits per heavy atom. The Balaban J connectivity index is 2.01. The molecule has 0 saturated heterocycles. The highest BCUT2D eigenvalue weighted by molar-refractivity contribution is 5.11. The van der Waals surface area contributed by atoms with Crippen LogP contribution in [-0.4, -0.2) is 10.7 Å². The Morgan fingerprint density at radius 2 is 1.58 bits per heavy atom. The predicted molar refractivity (Wildman–Crippen MR) is 49.9 cm³/mol. The molecule has 1 nitrogen and oxygen atoms in total. The summed E-state index contributed by atoms with van der Waals surface area (Å²) >= 11 is 0. The van der Waals surface area contributed by atoms with Gasteiger partial charge in [0.2, 0.25) is 0 Å². The first kappa shape index (κ1) is 8.55. The third-order valence-electron chi connectivity index (χ3n) is 4.15. The van der Waals surface area contributed by atoms with Gasteiger partial charge in [-0.15, -0.1) is 0 Å². The maximum Gasteiger partial charge on any atom is 0.0706 e. The third-order valence-corrected chi connectivity index (χ3v) is 4.15. The van der Waals surface area contributed by atoms with Crippen molar-refractivity contribution >= 4 is 0 Å². The highest BCUT2D eigenvalue weighted by atomic mass is 16.3. The predicted octanol–water partition coefficient (Wildman–Crippen LogP) is 2.73. The Morgan fingerprint density at radius 3 is 1.83 bits per heavy atom. The SMILES string of the molecule is CC(C)(C)C1(O)CC2(CCC2)C1. The standard InChI is InChI=1S/C11H20O/c1-9(2,3)11(12)7-10(8-11)5-4-6-10/h12H,4-8H2,1-3H3. The van der Waals surface area contributed by atoms with Crippen molar-refractivity contribution in [3.05, 3.63) is 0 Å². The van der Waals surface area contributed by atoms with Gasteiger partial charge in [-0.3, -0.25) is 0 Å². The molecule has 2 aliphatic rings. The lowest BCUT2D eigenvalue weighted by molar-refractivity contribution is -0.213. The van der Waals surface area contributed by atoms with E-state index in [0.717, 1.165) is 12.8 Å². The first-order chi connectivity index (χ1) is 5.37. The van der Waals surface area contributed by atoms with Crippen LogP contribution in [0.15, 0.2) is 0 Å². The Kier molecular flexibility index (Phi) is 1.47. The number of rotatable bonds is 0. The number of hydrogen-bond acceptors (Lipinski definition) is 1. The van der Waals surface area contributed by atoms with Gasteiger partial charge in [-0.1, -0.05) is 27.2 Å². The first-order valence-corrected chi connectivity index (χ1v) is 5.09. The molecule has 0 amide bonds. The van der Waals surface area contributed by atoms with E-state index in [1.807, 2.05) is 0 Å². The second kappa shape index (κ2) is 2.06. The minimum absolute atomic E-state index is 0.0772. The largest absolute Gasteiger partial charge is 0.389 e. The van der Waals surface area contributed by atoms with Crippen LogP contribution in [0.2, 0.25) is 0 Å². The fourth-order valence-corrected chi connectivity index (χ4v) is 2.75. The zero-order valence-electron chi connectivity index (χ0n) is 8.48. The molecule has 0 radical (unpaired) electrons. The van der Waals surface area contributed by atoms with E-state index in [1.54, 1.807) is 0 Å². The zero-order chi connectivity index (χ0) is 9.04. The van der Waals surface area contributed by atoms with E-state index in [9.17, 15) is 5.11 Å². The topological polar surface area (TPSA) is 20.2 Å². The zero-order valence-corrected chi connectivity index (χ0v) is 8.48. The van der Waals surface area contributed by atoms with Crippen molar-refractivity contribution < 1.29 is 5.11 Å². The smallest absolute Gasteiger partial charge is 0.0706 e. The molecule has 70 valence electrons. The summed E-state index contributed by atoms with van der Waals surface area (Å²) in [5, 5.41) is 10.2. The lowest BCUT2D eigenvalue weighted by atomic mass is 9.45. The average molecular weight is 168 g/mol. The molecule has 0 aliphatic heterocycles. The fraction of sp³-hybridized carbons (Fsp3) is 1.00. The van der Waals surface area contributed by atoms with E-state index >= 15 is 0 Å². The summed E-state index contributed by atoms with van der Waals surface area (Å²) in [5.41, 5.74) is 0.309. The average Bonchev–Trinajstić information content (AvgIpc) is 1.73. The van der Waals surface area contributed by atoms with E-state index in [1.165, 1.54) is 19.3 Å². The molecule has 1 heteroatoms. The molecule has 0 atom stereocenters. The van der Waals surface area contributed by atoms with Gasteiger partial charge in [0, 0.05) is 0 Å². The van der Waals surface area contributed by atoms with E-state index in [4.69, 9.17) is 0 Å². The maximum atomic E-state index is 10.2. The van der Waals surface area contributed by atoms with Crippen LogP contribution in [0.3, 0.4) is 0 Å².